The average Bonchev–Trinajstić information content (AvgIpc) is 0.946. The molecular formula is C70H125N7O16. The van der Waals surface area contributed by atoms with E-state index in [2.05, 4.69) is 22.5 Å². The smallest absolute Gasteiger partial charge is 0.326 e. The summed E-state index contributed by atoms with van der Waals surface area (Å²) in [5, 5.41) is 43.4. The molecule has 0 bridgehead atoms. The summed E-state index contributed by atoms with van der Waals surface area (Å²) in [7, 11) is 3.68. The van der Waals surface area contributed by atoms with Gasteiger partial charge in [0.25, 0.3) is 0 Å². The number of ketones is 4. The van der Waals surface area contributed by atoms with E-state index in [1.165, 1.54) is 51.4 Å². The van der Waals surface area contributed by atoms with Crippen LogP contribution in [-0.4, -0.2) is 171 Å². The van der Waals surface area contributed by atoms with Crippen molar-refractivity contribution in [3.63, 3.8) is 0 Å². The van der Waals surface area contributed by atoms with Gasteiger partial charge >= 0.3 is 11.9 Å². The number of hydrogen-bond acceptors (Lipinski definition) is 17. The van der Waals surface area contributed by atoms with Crippen molar-refractivity contribution in [2.75, 3.05) is 80.0 Å². The van der Waals surface area contributed by atoms with Crippen LogP contribution in [0.3, 0.4) is 0 Å². The number of carboxylic acids is 2. The zero-order valence-corrected chi connectivity index (χ0v) is 57.9. The fourth-order valence-corrected chi connectivity index (χ4v) is 9.73. The molecule has 23 heteroatoms. The molecule has 0 saturated heterocycles. The number of aliphatic carboxylic acids is 2. The fraction of sp³-hybridized carbons (Fsp3) is 0.743. The maximum absolute atomic E-state index is 12.7. The quantitative estimate of drug-likeness (QED) is 0.0166. The Labute approximate surface area is 558 Å². The lowest BCUT2D eigenvalue weighted by molar-refractivity contribution is -0.140. The highest BCUT2D eigenvalue weighted by Crippen LogP contribution is 2.20. The van der Waals surface area contributed by atoms with Gasteiger partial charge in [-0.2, -0.15) is 0 Å². The van der Waals surface area contributed by atoms with Crippen molar-refractivity contribution in [1.82, 2.24) is 20.9 Å². The number of hydrogen-bond donors (Lipinski definition) is 9. The van der Waals surface area contributed by atoms with E-state index < -0.39 is 29.8 Å². The number of primary amides is 1. The molecule has 3 amide bonds. The maximum Gasteiger partial charge on any atom is 0.326 e. The van der Waals surface area contributed by atoms with Gasteiger partial charge in [0, 0.05) is 77.2 Å². The summed E-state index contributed by atoms with van der Waals surface area (Å²) < 4.78 is 21.6. The predicted octanol–water partition coefficient (Wildman–Crippen LogP) is 9.98. The molecule has 0 aromatic heterocycles. The number of aromatic hydroxyl groups is 1. The van der Waals surface area contributed by atoms with Gasteiger partial charge in [-0.3, -0.25) is 43.9 Å². The van der Waals surface area contributed by atoms with Crippen molar-refractivity contribution in [2.45, 2.75) is 239 Å². The summed E-state index contributed by atoms with van der Waals surface area (Å²) in [6.07, 6.45) is 24.5. The molecule has 11 N–H and O–H groups in total. The second kappa shape index (κ2) is 59.6. The Bertz CT molecular complexity index is 2240. The molecule has 1 aromatic rings. The van der Waals surface area contributed by atoms with E-state index in [0.717, 1.165) is 82.6 Å². The summed E-state index contributed by atoms with van der Waals surface area (Å²) in [6.45, 7) is 15.7. The van der Waals surface area contributed by atoms with Crippen LogP contribution in [0.25, 0.3) is 0 Å². The minimum absolute atomic E-state index is 0. The molecule has 23 nitrogen and oxygen atoms in total. The molecule has 0 spiro atoms. The summed E-state index contributed by atoms with van der Waals surface area (Å²) in [5.74, 6) is -1.95. The third-order valence-corrected chi connectivity index (χ3v) is 15.2. The number of ether oxygens (including phenoxy) is 4. The lowest BCUT2D eigenvalue weighted by Crippen LogP contribution is -2.39. The number of nitrogens with two attached hydrogens (primary N) is 2. The van der Waals surface area contributed by atoms with Crippen molar-refractivity contribution in [1.29, 1.82) is 5.41 Å². The number of unbranched alkanes of at least 4 members (excludes halogenated alkanes) is 15. The third kappa shape index (κ3) is 59.4. The summed E-state index contributed by atoms with van der Waals surface area (Å²) >= 11 is 0. The molecule has 0 radical (unpaired) electrons. The maximum atomic E-state index is 12.7. The SMILES string of the molecule is C=C(CCCCCCCCCCCCCCCCC(=O)O)N[C@@H](CCC(=O)NCCOCCOCC(=O)CCCOCCOCC(=O)NCCCC[C@H](C)C(C)=O)C(=O)O.CC(=O)CC(C)C.CN(C)[C@@H](CCCCC(=N)N)C(=O)C[C@@H](Cc1ccc(O)cc1)C(N)=O.[HH]. The van der Waals surface area contributed by atoms with E-state index in [0.29, 0.717) is 69.9 Å². The van der Waals surface area contributed by atoms with Crippen molar-refractivity contribution in [2.24, 2.45) is 29.2 Å². The standard InChI is InChI=1S/C45H81N3O12.C19H30N4O3.C6H12O.H2/c1-37(39(3)49)21-18-19-27-46-43(52)36-60-34-31-57-29-20-23-40(50)35-59-33-32-58-30-28-47-42(51)26-25-41(45(55)56)48-38(2)22-16-14-12-10-8-6-4-5-7-9-11-13-15-17-24-44(53)54;1-23(2)16(5-3-4-6-18(20)21)17(25)12-14(19(22)26)11-13-7-9-15(24)10-8-13;1-5(2)4-6(3)7;/h37,41,48H,2,4-36H2,1,3H3,(H,46,52)(H,47,51)(H,53,54)(H,55,56);7-10,14,16,24H,3-6,11-12H2,1-2H3,(H3,20,21)(H2,22,26);5H,4H2,1-3H3;1H/t37-,41-;14-,16+;;/m01../s1. The van der Waals surface area contributed by atoms with Gasteiger partial charge < -0.3 is 66.5 Å². The number of likely N-dealkylation sites (N-methyl/N-ethyl adjacent to an activating group) is 1. The number of carbonyl (C=O) groups is 9. The lowest BCUT2D eigenvalue weighted by atomic mass is 9.90. The molecule has 1 rings (SSSR count). The second-order valence-electron chi connectivity index (χ2n) is 24.9. The lowest BCUT2D eigenvalue weighted by Gasteiger charge is -2.24. The molecule has 0 aliphatic rings. The number of allylic oxidation sites excluding steroid dienone is 1. The Balaban J connectivity index is -0.00000199. The molecular weight excluding hydrogens is 1190 g/mol. The van der Waals surface area contributed by atoms with Gasteiger partial charge in [0.2, 0.25) is 17.7 Å². The Morgan fingerprint density at radius 3 is 1.60 bits per heavy atom. The van der Waals surface area contributed by atoms with Crippen molar-refractivity contribution < 1.29 is 78.8 Å². The van der Waals surface area contributed by atoms with Crippen LogP contribution >= 0.6 is 0 Å². The Kier molecular flexibility index (Phi) is 57.0. The number of nitrogens with zero attached hydrogens (tertiary/aromatic N) is 1. The number of amidine groups is 1. The summed E-state index contributed by atoms with van der Waals surface area (Å²) in [4.78, 5) is 106. The normalized spacial score (nSPS) is 12.3. The van der Waals surface area contributed by atoms with E-state index in [1.54, 1.807) is 38.1 Å². The van der Waals surface area contributed by atoms with E-state index in [1.807, 2.05) is 39.8 Å². The van der Waals surface area contributed by atoms with Crippen LogP contribution in [0, 0.1) is 23.2 Å². The zero-order valence-electron chi connectivity index (χ0n) is 57.9. The van der Waals surface area contributed by atoms with E-state index in [-0.39, 0.29) is 132 Å². The summed E-state index contributed by atoms with van der Waals surface area (Å²) in [6, 6.07) is 5.37. The number of carboxylic acid groups (broad SMARTS) is 2. The largest absolute Gasteiger partial charge is 0.508 e. The first-order chi connectivity index (χ1) is 44.2. The van der Waals surface area contributed by atoms with Crippen LogP contribution in [0.1, 0.15) is 228 Å². The molecule has 4 atom stereocenters. The number of carbonyl (C=O) groups excluding carboxylic acids is 7. The first kappa shape index (κ1) is 88.9. The van der Waals surface area contributed by atoms with Gasteiger partial charge in [-0.15, -0.1) is 0 Å². The molecule has 0 aliphatic carbocycles. The topological polar surface area (TPSA) is 366 Å². The van der Waals surface area contributed by atoms with Gasteiger partial charge in [-0.25, -0.2) is 4.79 Å². The number of nitrogens with one attached hydrogen (secondary N) is 4. The van der Waals surface area contributed by atoms with Crippen LogP contribution in [0.15, 0.2) is 36.5 Å². The number of phenols is 1. The highest BCUT2D eigenvalue weighted by molar-refractivity contribution is 5.89. The van der Waals surface area contributed by atoms with Crippen molar-refractivity contribution in [3.8, 4) is 5.75 Å². The second-order valence-corrected chi connectivity index (χ2v) is 24.9. The Morgan fingerprint density at radius 2 is 1.10 bits per heavy atom. The Morgan fingerprint density at radius 1 is 0.581 bits per heavy atom. The predicted molar refractivity (Wildman–Crippen MR) is 366 cm³/mol. The molecule has 0 unspecified atom stereocenters. The van der Waals surface area contributed by atoms with Crippen LogP contribution < -0.4 is 27.4 Å². The van der Waals surface area contributed by atoms with Gasteiger partial charge in [0.05, 0.1) is 44.9 Å². The minimum atomic E-state index is -1.02. The zero-order chi connectivity index (χ0) is 70.0. The molecule has 1 aromatic carbocycles. The van der Waals surface area contributed by atoms with Gasteiger partial charge in [-0.1, -0.05) is 129 Å². The van der Waals surface area contributed by atoms with E-state index in [4.69, 9.17) is 40.9 Å². The summed E-state index contributed by atoms with van der Waals surface area (Å²) in [5.41, 5.74) is 12.4. The van der Waals surface area contributed by atoms with E-state index >= 15 is 0 Å². The van der Waals surface area contributed by atoms with Gasteiger partial charge in [0.1, 0.15) is 36.6 Å². The van der Waals surface area contributed by atoms with Crippen molar-refractivity contribution >= 4 is 58.6 Å². The van der Waals surface area contributed by atoms with Crippen LogP contribution in [0.2, 0.25) is 0 Å². The van der Waals surface area contributed by atoms with Gasteiger partial charge in [0.15, 0.2) is 11.6 Å². The number of benzene rings is 1. The molecule has 0 heterocycles. The highest BCUT2D eigenvalue weighted by atomic mass is 16.5. The van der Waals surface area contributed by atoms with E-state index in [9.17, 15) is 53.4 Å². The highest BCUT2D eigenvalue weighted by Gasteiger charge is 2.27. The van der Waals surface area contributed by atoms with Crippen LogP contribution in [0.4, 0.5) is 0 Å². The molecule has 0 aliphatic heterocycles. The molecule has 536 valence electrons. The number of Topliss-reactive ketones (excluding diaryl/α,β-unsaturated/α-hetero) is 4. The van der Waals surface area contributed by atoms with Crippen LogP contribution in [0.5, 0.6) is 5.75 Å². The Hall–Kier alpha value is -6.14. The number of rotatable bonds is 60. The number of phenolic OH excluding ortho intramolecular Hbond substituents is 1. The first-order valence-corrected chi connectivity index (χ1v) is 34.1. The average molecular weight is 1320 g/mol. The monoisotopic (exact) mass is 1320 g/mol. The third-order valence-electron chi connectivity index (χ3n) is 15.2. The minimum Gasteiger partial charge on any atom is -0.508 e. The van der Waals surface area contributed by atoms with Gasteiger partial charge in [-0.05, 0) is 116 Å². The first-order valence-electron chi connectivity index (χ1n) is 34.1. The molecule has 93 heavy (non-hydrogen) atoms. The fourth-order valence-electron chi connectivity index (χ4n) is 9.73. The molecule has 0 fully saturated rings. The number of amides is 3. The molecule has 0 saturated carbocycles. The van der Waals surface area contributed by atoms with Crippen LogP contribution in [-0.2, 0) is 68.5 Å². The van der Waals surface area contributed by atoms with Crippen molar-refractivity contribution in [3.05, 3.63) is 42.1 Å².